The molecule has 310 valence electrons. The monoisotopic (exact) mass is 781 g/mol. The number of phosphoric acid groups is 1. The van der Waals surface area contributed by atoms with Crippen LogP contribution in [0.2, 0.25) is 0 Å². The summed E-state index contributed by atoms with van der Waals surface area (Å²) >= 11 is 0. The van der Waals surface area contributed by atoms with Crippen LogP contribution in [0.3, 0.4) is 0 Å². The van der Waals surface area contributed by atoms with E-state index in [4.69, 9.17) is 24.8 Å². The minimum absolute atomic E-state index is 0.131. The maximum absolute atomic E-state index is 12.6. The predicted molar refractivity (Wildman–Crippen MR) is 217 cm³/mol. The molecule has 12 heteroatoms. The first-order valence-electron chi connectivity index (χ1n) is 20.3. The molecule has 0 aromatic carbocycles. The third-order valence-corrected chi connectivity index (χ3v) is 9.17. The molecule has 0 saturated heterocycles. The predicted octanol–water partition coefficient (Wildman–Crippen LogP) is 10.4. The number of unbranched alkanes of at least 4 members (excludes halogenated alkanes) is 13. The molecule has 0 fully saturated rings. The van der Waals surface area contributed by atoms with Gasteiger partial charge in [0.25, 0.3) is 0 Å². The molecule has 11 nitrogen and oxygen atoms in total. The number of carbonyl (C=O) groups excluding carboxylic acids is 2. The Morgan fingerprint density at radius 1 is 0.574 bits per heavy atom. The van der Waals surface area contributed by atoms with Crippen molar-refractivity contribution in [3.63, 3.8) is 0 Å². The van der Waals surface area contributed by atoms with Crippen molar-refractivity contribution in [2.24, 2.45) is 5.73 Å². The molecule has 4 N–H and O–H groups in total. The van der Waals surface area contributed by atoms with Crippen LogP contribution >= 0.6 is 7.82 Å². The van der Waals surface area contributed by atoms with Gasteiger partial charge in [0, 0.05) is 12.8 Å². The molecule has 0 radical (unpaired) electrons. The highest BCUT2D eigenvalue weighted by molar-refractivity contribution is 7.47. The second kappa shape index (κ2) is 37.1. The SMILES string of the molecule is CCC/C=C/C/C=C/C/C=C/C/C=C/CCCCCC(=O)OC[C@H](COP(=O)(O)OC[C@H](N)C(=O)O)OC(=O)CCCCC/C=C/CCCCCCCC. The Bertz CT molecular complexity index is 1150. The van der Waals surface area contributed by atoms with Crippen molar-refractivity contribution < 1.29 is 47.5 Å². The summed E-state index contributed by atoms with van der Waals surface area (Å²) in [6.45, 7) is 2.65. The molecule has 0 rings (SSSR count). The highest BCUT2D eigenvalue weighted by Crippen LogP contribution is 2.43. The molecule has 0 aliphatic heterocycles. The molecule has 0 spiro atoms. The van der Waals surface area contributed by atoms with Crippen molar-refractivity contribution in [1.29, 1.82) is 0 Å². The zero-order valence-corrected chi connectivity index (χ0v) is 34.2. The summed E-state index contributed by atoms with van der Waals surface area (Å²) in [5.74, 6) is -2.45. The molecular formula is C42H72NO10P. The smallest absolute Gasteiger partial charge is 0.472 e. The largest absolute Gasteiger partial charge is 0.480 e. The maximum Gasteiger partial charge on any atom is 0.472 e. The van der Waals surface area contributed by atoms with Crippen molar-refractivity contribution in [1.82, 2.24) is 0 Å². The summed E-state index contributed by atoms with van der Waals surface area (Å²) < 4.78 is 32.6. The summed E-state index contributed by atoms with van der Waals surface area (Å²) in [4.78, 5) is 45.8. The minimum Gasteiger partial charge on any atom is -0.480 e. The van der Waals surface area contributed by atoms with E-state index in [2.05, 4.69) is 79.1 Å². The fourth-order valence-electron chi connectivity index (χ4n) is 4.99. The number of carboxylic acids is 1. The fourth-order valence-corrected chi connectivity index (χ4v) is 5.77. The van der Waals surface area contributed by atoms with E-state index < -0.39 is 51.1 Å². The molecule has 54 heavy (non-hydrogen) atoms. The number of phosphoric ester groups is 1. The van der Waals surface area contributed by atoms with Crippen molar-refractivity contribution >= 4 is 25.7 Å². The molecule has 0 saturated carbocycles. The van der Waals surface area contributed by atoms with E-state index in [1.165, 1.54) is 44.9 Å². The van der Waals surface area contributed by atoms with Gasteiger partial charge in [-0.25, -0.2) is 4.57 Å². The first kappa shape index (κ1) is 51.2. The molecular weight excluding hydrogens is 709 g/mol. The third kappa shape index (κ3) is 36.2. The molecule has 0 heterocycles. The molecule has 0 aliphatic carbocycles. The van der Waals surface area contributed by atoms with Gasteiger partial charge in [0.15, 0.2) is 6.10 Å². The number of esters is 2. The lowest BCUT2D eigenvalue weighted by Gasteiger charge is -2.20. The topological polar surface area (TPSA) is 172 Å². The summed E-state index contributed by atoms with van der Waals surface area (Å²) in [6, 6.07) is -1.53. The average Bonchev–Trinajstić information content (AvgIpc) is 3.14. The molecule has 0 aromatic rings. The van der Waals surface area contributed by atoms with E-state index in [9.17, 15) is 23.8 Å². The Hall–Kier alpha value is -2.82. The highest BCUT2D eigenvalue weighted by atomic mass is 31.2. The van der Waals surface area contributed by atoms with Crippen LogP contribution in [-0.2, 0) is 37.5 Å². The zero-order chi connectivity index (χ0) is 40.0. The van der Waals surface area contributed by atoms with Crippen LogP contribution in [0.15, 0.2) is 60.8 Å². The van der Waals surface area contributed by atoms with Gasteiger partial charge in [-0.3, -0.25) is 23.4 Å². The van der Waals surface area contributed by atoms with Gasteiger partial charge in [0.2, 0.25) is 0 Å². The second-order valence-corrected chi connectivity index (χ2v) is 14.9. The van der Waals surface area contributed by atoms with Gasteiger partial charge < -0.3 is 25.2 Å². The van der Waals surface area contributed by atoms with E-state index in [1.54, 1.807) is 0 Å². The number of ether oxygens (including phenoxy) is 2. The van der Waals surface area contributed by atoms with Crippen LogP contribution in [0, 0.1) is 0 Å². The number of aliphatic carboxylic acids is 1. The number of hydrogen-bond acceptors (Lipinski definition) is 9. The first-order chi connectivity index (χ1) is 26.1. The van der Waals surface area contributed by atoms with Gasteiger partial charge in [-0.05, 0) is 77.0 Å². The molecule has 0 bridgehead atoms. The minimum atomic E-state index is -4.73. The number of hydrogen-bond donors (Lipinski definition) is 3. The fraction of sp³-hybridized carbons (Fsp3) is 0.690. The van der Waals surface area contributed by atoms with Crippen molar-refractivity contribution in [3.05, 3.63) is 60.8 Å². The van der Waals surface area contributed by atoms with Gasteiger partial charge >= 0.3 is 25.7 Å². The lowest BCUT2D eigenvalue weighted by atomic mass is 10.1. The molecule has 1 unspecified atom stereocenters. The van der Waals surface area contributed by atoms with Crippen molar-refractivity contribution in [3.8, 4) is 0 Å². The van der Waals surface area contributed by atoms with Crippen LogP contribution in [0.5, 0.6) is 0 Å². The van der Waals surface area contributed by atoms with Gasteiger partial charge in [0.1, 0.15) is 12.6 Å². The number of nitrogens with two attached hydrogens (primary N) is 1. The Morgan fingerprint density at radius 3 is 1.56 bits per heavy atom. The lowest BCUT2D eigenvalue weighted by molar-refractivity contribution is -0.161. The summed E-state index contributed by atoms with van der Waals surface area (Å²) in [5.41, 5.74) is 5.32. The Kier molecular flexibility index (Phi) is 35.2. The third-order valence-electron chi connectivity index (χ3n) is 8.22. The number of allylic oxidation sites excluding steroid dienone is 10. The standard InChI is InChI=1S/C42H72NO10P/c1-3-5-7-9-11-13-15-17-18-19-20-22-23-25-27-29-31-33-40(44)50-35-38(36-51-54(48,49)52-37-39(43)42(46)47)53-41(45)34-32-30-28-26-24-21-16-14-12-10-8-6-4-2/h7,9,13,15,18-19,21-24,38-39H,3-6,8,10-12,14,16-17,20,25-37,43H2,1-2H3,(H,46,47)(H,48,49)/b9-7+,15-13+,19-18+,23-22+,24-21+/t38-,39+/m1/s1. The van der Waals surface area contributed by atoms with E-state index in [-0.39, 0.29) is 19.4 Å². The highest BCUT2D eigenvalue weighted by Gasteiger charge is 2.28. The van der Waals surface area contributed by atoms with Crippen LogP contribution in [0.4, 0.5) is 0 Å². The molecule has 0 aromatic heterocycles. The van der Waals surface area contributed by atoms with Crippen LogP contribution in [0.25, 0.3) is 0 Å². The van der Waals surface area contributed by atoms with Gasteiger partial charge in [-0.15, -0.1) is 0 Å². The first-order valence-corrected chi connectivity index (χ1v) is 21.8. The summed E-state index contributed by atoms with van der Waals surface area (Å²) in [6.07, 6.45) is 41.5. The second-order valence-electron chi connectivity index (χ2n) is 13.4. The van der Waals surface area contributed by atoms with Gasteiger partial charge in [0.05, 0.1) is 13.2 Å². The molecule has 0 aliphatic rings. The molecule has 0 amide bonds. The zero-order valence-electron chi connectivity index (χ0n) is 33.3. The Labute approximate surface area is 326 Å². The maximum atomic E-state index is 12.6. The van der Waals surface area contributed by atoms with Crippen LogP contribution < -0.4 is 5.73 Å². The van der Waals surface area contributed by atoms with Crippen LogP contribution in [0.1, 0.15) is 155 Å². The summed E-state index contributed by atoms with van der Waals surface area (Å²) in [5, 5.41) is 8.87. The van der Waals surface area contributed by atoms with Crippen molar-refractivity contribution in [2.75, 3.05) is 19.8 Å². The average molecular weight is 782 g/mol. The van der Waals surface area contributed by atoms with E-state index in [0.29, 0.717) is 12.8 Å². The number of rotatable bonds is 37. The van der Waals surface area contributed by atoms with E-state index in [1.807, 2.05) is 0 Å². The van der Waals surface area contributed by atoms with E-state index >= 15 is 0 Å². The van der Waals surface area contributed by atoms with Gasteiger partial charge in [-0.1, -0.05) is 126 Å². The quantitative estimate of drug-likeness (QED) is 0.0237. The lowest BCUT2D eigenvalue weighted by Crippen LogP contribution is -2.34. The Morgan fingerprint density at radius 2 is 1.02 bits per heavy atom. The summed E-state index contributed by atoms with van der Waals surface area (Å²) in [7, 11) is -4.73. The molecule has 3 atom stereocenters. The number of carbonyl (C=O) groups is 3. The number of carboxylic acid groups (broad SMARTS) is 1. The van der Waals surface area contributed by atoms with Crippen molar-refractivity contribution in [2.45, 2.75) is 167 Å². The van der Waals surface area contributed by atoms with Crippen LogP contribution in [-0.4, -0.2) is 59.9 Å². The van der Waals surface area contributed by atoms with Gasteiger partial charge in [-0.2, -0.15) is 0 Å². The normalized spacial score (nSPS) is 14.4. The Balaban J connectivity index is 4.49. The van der Waals surface area contributed by atoms with E-state index in [0.717, 1.165) is 70.6 Å².